The van der Waals surface area contributed by atoms with Gasteiger partial charge in [0.15, 0.2) is 11.3 Å². The van der Waals surface area contributed by atoms with Crippen molar-refractivity contribution in [2.75, 3.05) is 0 Å². The van der Waals surface area contributed by atoms with Gasteiger partial charge in [-0.2, -0.15) is 0 Å². The van der Waals surface area contributed by atoms with E-state index in [2.05, 4.69) is 324 Å². The van der Waals surface area contributed by atoms with Gasteiger partial charge in [-0.3, -0.25) is 8.80 Å². The number of aromatic nitrogens is 6. The van der Waals surface area contributed by atoms with Crippen molar-refractivity contribution in [1.82, 2.24) is 28.7 Å². The van der Waals surface area contributed by atoms with Crippen LogP contribution in [0.15, 0.2) is 315 Å². The summed E-state index contributed by atoms with van der Waals surface area (Å²) in [6.07, 6.45) is 0. The van der Waals surface area contributed by atoms with Gasteiger partial charge in [-0.25, -0.2) is 19.9 Å². The smallest absolute Gasteiger partial charge is 0.156 e. The van der Waals surface area contributed by atoms with Crippen LogP contribution in [0.25, 0.3) is 238 Å². The van der Waals surface area contributed by atoms with E-state index in [4.69, 9.17) is 19.9 Å². The molecule has 24 rings (SSSR count). The quantitative estimate of drug-likeness (QED) is 0.127. The minimum absolute atomic E-state index is 0.959. The molecule has 24 aromatic rings. The molecule has 0 aliphatic carbocycles. The Kier molecular flexibility index (Phi) is 11.5. The van der Waals surface area contributed by atoms with Gasteiger partial charge in [0.05, 0.1) is 65.3 Å². The van der Waals surface area contributed by atoms with Crippen molar-refractivity contribution >= 4 is 204 Å². The Morgan fingerprint density at radius 1 is 0.212 bits per heavy atom. The fourth-order valence-corrected chi connectivity index (χ4v) is 19.7. The molecule has 0 radical (unpaired) electrons. The maximum Gasteiger partial charge on any atom is 0.156 e. The zero-order valence-corrected chi connectivity index (χ0v) is 57.2. The first kappa shape index (κ1) is 56.5. The number of rotatable bonds is 5. The van der Waals surface area contributed by atoms with Gasteiger partial charge in [-0.15, -0.1) is 22.7 Å². The van der Waals surface area contributed by atoms with Crippen LogP contribution < -0.4 is 0 Å². The molecule has 0 N–H and O–H groups in total. The molecular weight excluding hydrogens is 1300 g/mol. The highest BCUT2D eigenvalue weighted by Crippen LogP contribution is 2.47. The third-order valence-corrected chi connectivity index (χ3v) is 24.7. The molecule has 6 nitrogen and oxygen atoms in total. The summed E-state index contributed by atoms with van der Waals surface area (Å²) in [5, 5.41) is 26.0. The fraction of sp³-hybridized carbons (Fsp3) is 0. The van der Waals surface area contributed by atoms with Crippen LogP contribution in [-0.4, -0.2) is 28.7 Å². The van der Waals surface area contributed by atoms with Crippen molar-refractivity contribution in [3.8, 4) is 56.2 Å². The molecule has 0 bridgehead atoms. The average Bonchev–Trinajstić information content (AvgIpc) is 1.54. The molecule has 8 heterocycles. The van der Waals surface area contributed by atoms with Crippen LogP contribution in [-0.2, 0) is 0 Å². The molecule has 0 unspecified atom stereocenters. The van der Waals surface area contributed by atoms with Gasteiger partial charge in [0.2, 0.25) is 0 Å². The Morgan fingerprint density at radius 2 is 0.654 bits per heavy atom. The third kappa shape index (κ3) is 8.09. The highest BCUT2D eigenvalue weighted by molar-refractivity contribution is 7.27. The second-order valence-electron chi connectivity index (χ2n) is 27.9. The molecule has 8 heteroatoms. The zero-order valence-electron chi connectivity index (χ0n) is 55.5. The van der Waals surface area contributed by atoms with Crippen LogP contribution in [0.2, 0.25) is 0 Å². The number of pyridine rings is 4. The molecule has 0 saturated carbocycles. The lowest BCUT2D eigenvalue weighted by Crippen LogP contribution is -1.94. The Balaban J connectivity index is 0.655. The highest BCUT2D eigenvalue weighted by atomic mass is 32.1. The van der Waals surface area contributed by atoms with E-state index >= 15 is 0 Å². The fourth-order valence-electron chi connectivity index (χ4n) is 17.4. The number of thiophene rings is 2. The largest absolute Gasteiger partial charge is 0.291 e. The van der Waals surface area contributed by atoms with E-state index in [1.54, 1.807) is 0 Å². The van der Waals surface area contributed by atoms with Crippen molar-refractivity contribution in [2.24, 2.45) is 0 Å². The summed E-state index contributed by atoms with van der Waals surface area (Å²) < 4.78 is 9.64. The monoisotopic (exact) mass is 1350 g/mol. The summed E-state index contributed by atoms with van der Waals surface area (Å²) in [7, 11) is 0. The maximum absolute atomic E-state index is 5.74. The van der Waals surface area contributed by atoms with Crippen LogP contribution in [0, 0.1) is 0 Å². The molecule has 0 saturated heterocycles. The lowest BCUT2D eigenvalue weighted by atomic mass is 9.96. The van der Waals surface area contributed by atoms with Crippen LogP contribution in [0.5, 0.6) is 0 Å². The topological polar surface area (TPSA) is 60.4 Å². The number of nitrogens with zero attached hydrogens (tertiary/aromatic N) is 6. The maximum atomic E-state index is 5.74. The summed E-state index contributed by atoms with van der Waals surface area (Å²) in [5.41, 5.74) is 18.9. The van der Waals surface area contributed by atoms with E-state index in [0.717, 1.165) is 148 Å². The normalized spacial score (nSPS) is 12.4. The summed E-state index contributed by atoms with van der Waals surface area (Å²) in [6.45, 7) is 0. The van der Waals surface area contributed by atoms with Crippen LogP contribution in [0.3, 0.4) is 0 Å². The van der Waals surface area contributed by atoms with Crippen LogP contribution in [0.4, 0.5) is 0 Å². The molecule has 0 amide bonds. The molecule has 0 fully saturated rings. The van der Waals surface area contributed by atoms with Crippen LogP contribution in [0.1, 0.15) is 0 Å². The first-order valence-corrected chi connectivity index (χ1v) is 37.0. The minimum atomic E-state index is 0.959. The van der Waals surface area contributed by atoms with E-state index < -0.39 is 0 Å². The van der Waals surface area contributed by atoms with E-state index in [1.807, 2.05) is 22.7 Å². The average molecular weight is 1350 g/mol. The van der Waals surface area contributed by atoms with Crippen molar-refractivity contribution in [1.29, 1.82) is 0 Å². The van der Waals surface area contributed by atoms with E-state index in [0.29, 0.717) is 0 Å². The second-order valence-corrected chi connectivity index (χ2v) is 30.1. The Morgan fingerprint density at radius 3 is 1.35 bits per heavy atom. The predicted octanol–water partition coefficient (Wildman–Crippen LogP) is 26.7. The molecule has 0 spiro atoms. The van der Waals surface area contributed by atoms with Crippen LogP contribution >= 0.6 is 22.7 Å². The summed E-state index contributed by atoms with van der Waals surface area (Å²) in [6, 6.07) is 116. The number of hydrogen-bond donors (Lipinski definition) is 0. The van der Waals surface area contributed by atoms with Gasteiger partial charge in [-0.05, 0) is 154 Å². The molecule has 16 aromatic carbocycles. The molecule has 0 aliphatic heterocycles. The van der Waals surface area contributed by atoms with E-state index in [9.17, 15) is 0 Å². The Hall–Kier alpha value is -13.2. The number of imidazole rings is 2. The Bertz CT molecular complexity index is 7980. The lowest BCUT2D eigenvalue weighted by Gasteiger charge is -2.13. The lowest BCUT2D eigenvalue weighted by molar-refractivity contribution is 1.25. The highest BCUT2D eigenvalue weighted by Gasteiger charge is 2.24. The van der Waals surface area contributed by atoms with E-state index in [1.165, 1.54) is 89.5 Å². The first-order valence-electron chi connectivity index (χ1n) is 35.4. The minimum Gasteiger partial charge on any atom is -0.291 e. The van der Waals surface area contributed by atoms with Crippen molar-refractivity contribution in [3.63, 3.8) is 0 Å². The molecule has 8 aromatic heterocycles. The summed E-state index contributed by atoms with van der Waals surface area (Å²) >= 11 is 3.66. The molecule has 478 valence electrons. The van der Waals surface area contributed by atoms with Gasteiger partial charge < -0.3 is 0 Å². The second kappa shape index (κ2) is 21.2. The number of benzene rings is 16. The number of fused-ring (bicyclic) bond motifs is 30. The van der Waals surface area contributed by atoms with Gasteiger partial charge >= 0.3 is 0 Å². The Labute approximate surface area is 600 Å². The van der Waals surface area contributed by atoms with Gasteiger partial charge in [0.25, 0.3) is 0 Å². The predicted molar refractivity (Wildman–Crippen MR) is 443 cm³/mol. The molecule has 0 atom stereocenters. The third-order valence-electron chi connectivity index (χ3n) is 22.4. The van der Waals surface area contributed by atoms with Gasteiger partial charge in [-0.1, -0.05) is 243 Å². The van der Waals surface area contributed by atoms with Crippen molar-refractivity contribution in [2.45, 2.75) is 0 Å². The van der Waals surface area contributed by atoms with Crippen molar-refractivity contribution in [3.05, 3.63) is 315 Å². The number of hydrogen-bond acceptors (Lipinski definition) is 6. The standard InChI is InChI=1S/C96H52N6S2/c1-2-16-60-50-81-77(47-59(60)15-1)69-20-8-10-23-73(69)88(97-81)57-29-25-55(26-30-57)84-51-79-71-21-11-12-24-86(71)103-93(79)95-100-92-76-49-65-46-61(33-34-62(65)45-64(76)37-42-82(92)101(84)95)63-38-44-87-78(48-63)80-52-85(102-83-43-41-70-66-17-5-3-13-53(66)35-40-75(70)91(83)99-96(102)94(80)104-87)56-27-31-58(32-28-56)89-72-22-9-7-19-68(72)74-39-36-54-14-4-6-18-67(54)90(74)98-89/h1-52H. The summed E-state index contributed by atoms with van der Waals surface area (Å²) in [5.74, 6) is 0. The van der Waals surface area contributed by atoms with E-state index in [-0.39, 0.29) is 0 Å². The zero-order chi connectivity index (χ0) is 67.6. The summed E-state index contributed by atoms with van der Waals surface area (Å²) in [4.78, 5) is 22.4. The molecular formula is C96H52N6S2. The first-order chi connectivity index (χ1) is 51.5. The molecule has 0 aliphatic rings. The van der Waals surface area contributed by atoms with Gasteiger partial charge in [0.1, 0.15) is 0 Å². The SMILES string of the molecule is c1ccc2cc3c(cc2c1)nc(-c1ccc(-c2cc4c5ccccc5sc4c4nc5c6cc7cc(-c8ccc9sc%10c(cc(-c%11ccc(-c%12nc%13c%14ccccc%14ccc%13c%13ccccc%12%13)cc%11)n%11c%12ccc%13c%14ccccc%14ccc%13c%12nc%10%11)c9c8)ccc7cc6ccc5n24)cc1)c1ccccc13. The van der Waals surface area contributed by atoms with Gasteiger partial charge in [0, 0.05) is 79.8 Å². The molecule has 104 heavy (non-hydrogen) atoms. The van der Waals surface area contributed by atoms with Crippen molar-refractivity contribution < 1.29 is 0 Å².